The number of hydrogen-bond donors (Lipinski definition) is 1. The fourth-order valence-corrected chi connectivity index (χ4v) is 3.71. The molecular formula is C19H27N3O4. The standard InChI is InChI=1S/C19H27N3O4/c1-4-21(5-2)18(24)19(12-7-6-8-13-19)20-17(23)15-10-9-11-16(14(15)3)22(25)26/h9-11H,4-8,12-13H2,1-3H3,(H,20,23). The summed E-state index contributed by atoms with van der Waals surface area (Å²) in [5.74, 6) is -0.479. The highest BCUT2D eigenvalue weighted by Gasteiger charge is 2.43. The maximum absolute atomic E-state index is 13.1. The number of nitro groups is 1. The minimum Gasteiger partial charge on any atom is -0.341 e. The highest BCUT2D eigenvalue weighted by Crippen LogP contribution is 2.31. The number of carbonyl (C=O) groups is 2. The molecule has 142 valence electrons. The van der Waals surface area contributed by atoms with Crippen LogP contribution in [-0.2, 0) is 4.79 Å². The van der Waals surface area contributed by atoms with Crippen LogP contribution in [0.4, 0.5) is 5.69 Å². The first-order valence-corrected chi connectivity index (χ1v) is 9.22. The van der Waals surface area contributed by atoms with E-state index in [-0.39, 0.29) is 17.2 Å². The lowest BCUT2D eigenvalue weighted by Gasteiger charge is -2.40. The molecule has 26 heavy (non-hydrogen) atoms. The molecule has 1 fully saturated rings. The molecule has 7 heteroatoms. The molecule has 1 saturated carbocycles. The molecule has 0 aromatic heterocycles. The van der Waals surface area contributed by atoms with E-state index in [0.717, 1.165) is 19.3 Å². The van der Waals surface area contributed by atoms with Crippen molar-refractivity contribution in [2.45, 2.75) is 58.4 Å². The van der Waals surface area contributed by atoms with Crippen LogP contribution in [0.5, 0.6) is 0 Å². The predicted molar refractivity (Wildman–Crippen MR) is 99.0 cm³/mol. The van der Waals surface area contributed by atoms with Crippen molar-refractivity contribution >= 4 is 17.5 Å². The summed E-state index contributed by atoms with van der Waals surface area (Å²) in [6.07, 6.45) is 3.99. The molecule has 0 aliphatic heterocycles. The van der Waals surface area contributed by atoms with Crippen LogP contribution in [0.15, 0.2) is 18.2 Å². The Morgan fingerprint density at radius 1 is 1.19 bits per heavy atom. The number of carbonyl (C=O) groups excluding carboxylic acids is 2. The molecule has 1 aliphatic carbocycles. The summed E-state index contributed by atoms with van der Waals surface area (Å²) in [7, 11) is 0. The Bertz CT molecular complexity index is 692. The summed E-state index contributed by atoms with van der Waals surface area (Å²) in [5.41, 5.74) is -0.448. The Morgan fingerprint density at radius 2 is 1.81 bits per heavy atom. The van der Waals surface area contributed by atoms with Crippen molar-refractivity contribution in [3.8, 4) is 0 Å². The molecule has 1 aromatic rings. The van der Waals surface area contributed by atoms with Crippen molar-refractivity contribution in [3.05, 3.63) is 39.4 Å². The zero-order valence-corrected chi connectivity index (χ0v) is 15.7. The van der Waals surface area contributed by atoms with Crippen molar-refractivity contribution < 1.29 is 14.5 Å². The van der Waals surface area contributed by atoms with Crippen LogP contribution in [0.25, 0.3) is 0 Å². The molecular weight excluding hydrogens is 334 g/mol. The Balaban J connectivity index is 2.35. The van der Waals surface area contributed by atoms with Crippen LogP contribution in [-0.4, -0.2) is 40.3 Å². The highest BCUT2D eigenvalue weighted by molar-refractivity contribution is 6.00. The second kappa shape index (κ2) is 8.29. The first-order chi connectivity index (χ1) is 12.4. The maximum atomic E-state index is 13.1. The van der Waals surface area contributed by atoms with Crippen LogP contribution in [0.1, 0.15) is 61.9 Å². The van der Waals surface area contributed by atoms with Crippen LogP contribution < -0.4 is 5.32 Å². The van der Waals surface area contributed by atoms with E-state index in [1.807, 2.05) is 13.8 Å². The Hall–Kier alpha value is -2.44. The molecule has 1 N–H and O–H groups in total. The smallest absolute Gasteiger partial charge is 0.273 e. The van der Waals surface area contributed by atoms with E-state index in [1.54, 1.807) is 17.9 Å². The molecule has 2 rings (SSSR count). The van der Waals surface area contributed by atoms with E-state index < -0.39 is 16.4 Å². The van der Waals surface area contributed by atoms with Crippen LogP contribution in [0.3, 0.4) is 0 Å². The molecule has 2 amide bonds. The zero-order chi connectivity index (χ0) is 19.3. The van der Waals surface area contributed by atoms with Gasteiger partial charge in [-0.05, 0) is 39.7 Å². The average Bonchev–Trinajstić information content (AvgIpc) is 2.63. The second-order valence-electron chi connectivity index (χ2n) is 6.78. The van der Waals surface area contributed by atoms with Gasteiger partial charge < -0.3 is 10.2 Å². The van der Waals surface area contributed by atoms with Gasteiger partial charge in [0.2, 0.25) is 5.91 Å². The number of hydrogen-bond acceptors (Lipinski definition) is 4. The van der Waals surface area contributed by atoms with Gasteiger partial charge >= 0.3 is 0 Å². The number of amides is 2. The van der Waals surface area contributed by atoms with Crippen LogP contribution in [0, 0.1) is 17.0 Å². The largest absolute Gasteiger partial charge is 0.341 e. The highest BCUT2D eigenvalue weighted by atomic mass is 16.6. The van der Waals surface area contributed by atoms with Gasteiger partial charge in [-0.25, -0.2) is 0 Å². The molecule has 0 unspecified atom stereocenters. The van der Waals surface area contributed by atoms with Gasteiger partial charge in [-0.1, -0.05) is 25.3 Å². The van der Waals surface area contributed by atoms with Crippen molar-refractivity contribution in [1.82, 2.24) is 10.2 Å². The lowest BCUT2D eigenvalue weighted by Crippen LogP contribution is -2.60. The number of benzene rings is 1. The van der Waals surface area contributed by atoms with Crippen molar-refractivity contribution in [2.24, 2.45) is 0 Å². The Morgan fingerprint density at radius 3 is 2.35 bits per heavy atom. The molecule has 0 radical (unpaired) electrons. The van der Waals surface area contributed by atoms with Gasteiger partial charge in [0, 0.05) is 30.3 Å². The molecule has 7 nitrogen and oxygen atoms in total. The van der Waals surface area contributed by atoms with Crippen molar-refractivity contribution in [2.75, 3.05) is 13.1 Å². The van der Waals surface area contributed by atoms with E-state index in [9.17, 15) is 19.7 Å². The quantitative estimate of drug-likeness (QED) is 0.622. The van der Waals surface area contributed by atoms with Gasteiger partial charge in [-0.15, -0.1) is 0 Å². The molecule has 0 bridgehead atoms. The van der Waals surface area contributed by atoms with Gasteiger partial charge in [-0.2, -0.15) is 0 Å². The number of nitrogens with zero attached hydrogens (tertiary/aromatic N) is 2. The fourth-order valence-electron chi connectivity index (χ4n) is 3.71. The molecule has 0 atom stereocenters. The SMILES string of the molecule is CCN(CC)C(=O)C1(NC(=O)c2cccc([N+](=O)[O-])c2C)CCCCC1. The lowest BCUT2D eigenvalue weighted by atomic mass is 9.80. The molecule has 1 aromatic carbocycles. The zero-order valence-electron chi connectivity index (χ0n) is 15.7. The average molecular weight is 361 g/mol. The molecule has 0 heterocycles. The third-order valence-electron chi connectivity index (χ3n) is 5.27. The van der Waals surface area contributed by atoms with Gasteiger partial charge in [0.15, 0.2) is 0 Å². The summed E-state index contributed by atoms with van der Waals surface area (Å²) in [5, 5.41) is 14.1. The topological polar surface area (TPSA) is 92.6 Å². The Labute approximate surface area is 153 Å². The van der Waals surface area contributed by atoms with Gasteiger partial charge in [0.05, 0.1) is 4.92 Å². The van der Waals surface area contributed by atoms with E-state index in [4.69, 9.17) is 0 Å². The third-order valence-corrected chi connectivity index (χ3v) is 5.27. The number of rotatable bonds is 6. The minimum absolute atomic E-state index is 0.0568. The normalized spacial score (nSPS) is 16.0. The van der Waals surface area contributed by atoms with Crippen molar-refractivity contribution in [3.63, 3.8) is 0 Å². The summed E-state index contributed by atoms with van der Waals surface area (Å²) < 4.78 is 0. The second-order valence-corrected chi connectivity index (χ2v) is 6.78. The minimum atomic E-state index is -0.918. The van der Waals surface area contributed by atoms with Crippen molar-refractivity contribution in [1.29, 1.82) is 0 Å². The monoisotopic (exact) mass is 361 g/mol. The maximum Gasteiger partial charge on any atom is 0.273 e. The van der Waals surface area contributed by atoms with Gasteiger partial charge in [0.25, 0.3) is 11.6 Å². The van der Waals surface area contributed by atoms with Crippen LogP contribution >= 0.6 is 0 Å². The summed E-state index contributed by atoms with van der Waals surface area (Å²) in [6.45, 7) is 6.58. The number of likely N-dealkylation sites (N-methyl/N-ethyl adjacent to an activating group) is 1. The lowest BCUT2D eigenvalue weighted by molar-refractivity contribution is -0.385. The van der Waals surface area contributed by atoms with E-state index in [1.165, 1.54) is 12.1 Å². The third kappa shape index (κ3) is 3.86. The fraction of sp³-hybridized carbons (Fsp3) is 0.579. The predicted octanol–water partition coefficient (Wildman–Crippen LogP) is 3.20. The van der Waals surface area contributed by atoms with Gasteiger partial charge in [-0.3, -0.25) is 19.7 Å². The van der Waals surface area contributed by atoms with Gasteiger partial charge in [0.1, 0.15) is 5.54 Å². The first kappa shape index (κ1) is 19.9. The van der Waals surface area contributed by atoms with E-state index >= 15 is 0 Å². The summed E-state index contributed by atoms with van der Waals surface area (Å²) >= 11 is 0. The summed E-state index contributed by atoms with van der Waals surface area (Å²) in [4.78, 5) is 38.4. The summed E-state index contributed by atoms with van der Waals surface area (Å²) in [6, 6.07) is 4.44. The first-order valence-electron chi connectivity index (χ1n) is 9.22. The van der Waals surface area contributed by atoms with E-state index in [2.05, 4.69) is 5.32 Å². The number of nitro benzene ring substituents is 1. The molecule has 0 saturated heterocycles. The Kier molecular flexibility index (Phi) is 6.34. The number of nitrogens with one attached hydrogen (secondary N) is 1. The van der Waals surface area contributed by atoms with Crippen LogP contribution in [0.2, 0.25) is 0 Å². The molecule has 0 spiro atoms. The molecule has 1 aliphatic rings. The van der Waals surface area contributed by atoms with E-state index in [0.29, 0.717) is 31.5 Å².